The van der Waals surface area contributed by atoms with Crippen LogP contribution in [0.3, 0.4) is 0 Å². The lowest BCUT2D eigenvalue weighted by Crippen LogP contribution is -2.52. The van der Waals surface area contributed by atoms with E-state index in [-0.39, 0.29) is 17.7 Å². The molecule has 1 unspecified atom stereocenters. The van der Waals surface area contributed by atoms with Gasteiger partial charge in [-0.1, -0.05) is 48.6 Å². The van der Waals surface area contributed by atoms with Crippen molar-refractivity contribution in [2.45, 2.75) is 56.9 Å². The molecule has 0 saturated carbocycles. The molecule has 2 aromatic carbocycles. The molecule has 5 nitrogen and oxygen atoms in total. The lowest BCUT2D eigenvalue weighted by atomic mass is 9.86. The molecule has 2 amide bonds. The van der Waals surface area contributed by atoms with Crippen molar-refractivity contribution >= 4 is 29.0 Å². The zero-order chi connectivity index (χ0) is 24.7. The number of fused-ring (bicyclic) bond motifs is 1. The molecule has 2 fully saturated rings. The number of likely N-dealkylation sites (tertiary alicyclic amines) is 1. The van der Waals surface area contributed by atoms with Crippen molar-refractivity contribution in [1.82, 2.24) is 15.1 Å². The summed E-state index contributed by atoms with van der Waals surface area (Å²) >= 11 is 5.69. The lowest BCUT2D eigenvalue weighted by Gasteiger charge is -2.33. The van der Waals surface area contributed by atoms with E-state index in [4.69, 9.17) is 12.2 Å². The Balaban J connectivity index is 1.27. The molecule has 35 heavy (non-hydrogen) atoms. The Bertz CT molecular complexity index is 1170. The van der Waals surface area contributed by atoms with Crippen LogP contribution >= 0.6 is 12.2 Å². The highest BCUT2D eigenvalue weighted by molar-refractivity contribution is 7.80. The number of nitrogens with zero attached hydrogens (tertiary/aromatic N) is 2. The Morgan fingerprint density at radius 2 is 1.74 bits per heavy atom. The molecule has 5 rings (SSSR count). The minimum absolute atomic E-state index is 0.110. The van der Waals surface area contributed by atoms with Crippen LogP contribution in [0.2, 0.25) is 0 Å². The SMILES string of the molecule is O=C1CCC(N2Cc3c(CN4CCC(c5ccccc5C(F)(F)F)CC4)cccc3C2=S)C(=O)N1. The number of hydrogen-bond donors (Lipinski definition) is 1. The molecule has 0 bridgehead atoms. The van der Waals surface area contributed by atoms with Crippen molar-refractivity contribution < 1.29 is 22.8 Å². The molecule has 2 aromatic rings. The number of carbonyl (C=O) groups excluding carboxylic acids is 2. The highest BCUT2D eigenvalue weighted by Crippen LogP contribution is 2.39. The van der Waals surface area contributed by atoms with Gasteiger partial charge in [-0.25, -0.2) is 0 Å². The standard InChI is InChI=1S/C26H26F3N3O2S/c27-26(28,29)21-7-2-1-5-18(21)16-10-12-31(13-11-16)14-17-4-3-6-19-20(17)15-32(25(19)35)22-8-9-23(33)30-24(22)34/h1-7,16,22H,8-15H2,(H,30,33,34). The molecule has 3 heterocycles. The monoisotopic (exact) mass is 501 g/mol. The first-order chi connectivity index (χ1) is 16.7. The molecule has 0 spiro atoms. The van der Waals surface area contributed by atoms with Crippen LogP contribution in [0.25, 0.3) is 0 Å². The molecule has 1 atom stereocenters. The Hall–Kier alpha value is -2.78. The van der Waals surface area contributed by atoms with Crippen LogP contribution in [0.15, 0.2) is 42.5 Å². The molecule has 184 valence electrons. The predicted molar refractivity (Wildman–Crippen MR) is 129 cm³/mol. The van der Waals surface area contributed by atoms with Gasteiger partial charge < -0.3 is 4.90 Å². The number of carbonyl (C=O) groups is 2. The van der Waals surface area contributed by atoms with E-state index in [0.29, 0.717) is 62.4 Å². The fourth-order valence-electron chi connectivity index (χ4n) is 5.55. The average molecular weight is 502 g/mol. The third-order valence-corrected chi connectivity index (χ3v) is 7.82. The molecule has 3 aliphatic rings. The number of rotatable bonds is 4. The van der Waals surface area contributed by atoms with Gasteiger partial charge in [-0.2, -0.15) is 13.2 Å². The van der Waals surface area contributed by atoms with Crippen LogP contribution in [0.5, 0.6) is 0 Å². The summed E-state index contributed by atoms with van der Waals surface area (Å²) in [5.41, 5.74) is 3.02. The summed E-state index contributed by atoms with van der Waals surface area (Å²) in [5.74, 6) is -0.670. The highest BCUT2D eigenvalue weighted by Gasteiger charge is 2.38. The number of hydrogen-bond acceptors (Lipinski definition) is 4. The van der Waals surface area contributed by atoms with E-state index in [1.54, 1.807) is 12.1 Å². The van der Waals surface area contributed by atoms with Crippen LogP contribution in [-0.4, -0.2) is 45.7 Å². The van der Waals surface area contributed by atoms with Crippen molar-refractivity contribution in [1.29, 1.82) is 0 Å². The van der Waals surface area contributed by atoms with Crippen LogP contribution in [-0.2, 0) is 28.9 Å². The number of benzene rings is 2. The van der Waals surface area contributed by atoms with Gasteiger partial charge in [-0.3, -0.25) is 19.8 Å². The number of nitrogens with one attached hydrogen (secondary N) is 1. The molecule has 2 saturated heterocycles. The van der Waals surface area contributed by atoms with Crippen LogP contribution in [0.4, 0.5) is 13.2 Å². The second-order valence-electron chi connectivity index (χ2n) is 9.48. The summed E-state index contributed by atoms with van der Waals surface area (Å²) in [5, 5.41) is 2.41. The van der Waals surface area contributed by atoms with Crippen LogP contribution in [0, 0.1) is 0 Å². The van der Waals surface area contributed by atoms with Crippen molar-refractivity contribution in [3.8, 4) is 0 Å². The fourth-order valence-corrected chi connectivity index (χ4v) is 5.94. The minimum Gasteiger partial charge on any atom is -0.346 e. The Labute approximate surface area is 207 Å². The molecule has 3 aliphatic heterocycles. The van der Waals surface area contributed by atoms with Crippen molar-refractivity contribution in [2.75, 3.05) is 13.1 Å². The Morgan fingerprint density at radius 1 is 1.00 bits per heavy atom. The Morgan fingerprint density at radius 3 is 2.46 bits per heavy atom. The van der Waals surface area contributed by atoms with E-state index in [9.17, 15) is 22.8 Å². The summed E-state index contributed by atoms with van der Waals surface area (Å²) in [6.45, 7) is 2.62. The third-order valence-electron chi connectivity index (χ3n) is 7.37. The van der Waals surface area contributed by atoms with Gasteiger partial charge in [-0.15, -0.1) is 0 Å². The summed E-state index contributed by atoms with van der Waals surface area (Å²) < 4.78 is 40.4. The fraction of sp³-hybridized carbons (Fsp3) is 0.423. The first kappa shape index (κ1) is 23.9. The normalized spacial score (nSPS) is 21.9. The maximum absolute atomic E-state index is 13.5. The molecule has 0 radical (unpaired) electrons. The highest BCUT2D eigenvalue weighted by atomic mass is 32.1. The van der Waals surface area contributed by atoms with Crippen molar-refractivity contribution in [2.24, 2.45) is 0 Å². The topological polar surface area (TPSA) is 52.7 Å². The van der Waals surface area contributed by atoms with Gasteiger partial charge in [0.25, 0.3) is 0 Å². The molecule has 0 aliphatic carbocycles. The van der Waals surface area contributed by atoms with Crippen molar-refractivity contribution in [3.63, 3.8) is 0 Å². The van der Waals surface area contributed by atoms with Crippen LogP contribution < -0.4 is 5.32 Å². The maximum atomic E-state index is 13.5. The van der Waals surface area contributed by atoms with Crippen molar-refractivity contribution in [3.05, 3.63) is 70.3 Å². The zero-order valence-corrected chi connectivity index (χ0v) is 19.9. The first-order valence-corrected chi connectivity index (χ1v) is 12.3. The second-order valence-corrected chi connectivity index (χ2v) is 9.87. The zero-order valence-electron chi connectivity index (χ0n) is 19.1. The van der Waals surface area contributed by atoms with E-state index in [2.05, 4.69) is 16.3 Å². The lowest BCUT2D eigenvalue weighted by molar-refractivity contribution is -0.139. The van der Waals surface area contributed by atoms with Gasteiger partial charge in [0.05, 0.1) is 5.56 Å². The van der Waals surface area contributed by atoms with Gasteiger partial charge >= 0.3 is 6.18 Å². The summed E-state index contributed by atoms with van der Waals surface area (Å²) in [6.07, 6.45) is -2.26. The average Bonchev–Trinajstić information content (AvgIpc) is 3.16. The number of amides is 2. The third kappa shape index (κ3) is 4.71. The van der Waals surface area contributed by atoms with Gasteiger partial charge in [0.2, 0.25) is 11.8 Å². The van der Waals surface area contributed by atoms with Gasteiger partial charge in [0.15, 0.2) is 0 Å². The number of thiocarbonyl (C=S) groups is 1. The molecule has 1 N–H and O–H groups in total. The second kappa shape index (κ2) is 9.35. The number of imide groups is 1. The molecule has 9 heteroatoms. The number of piperidine rings is 2. The summed E-state index contributed by atoms with van der Waals surface area (Å²) in [4.78, 5) is 28.8. The molecule has 0 aromatic heterocycles. The van der Waals surface area contributed by atoms with Gasteiger partial charge in [0.1, 0.15) is 11.0 Å². The van der Waals surface area contributed by atoms with E-state index >= 15 is 0 Å². The number of alkyl halides is 3. The quantitative estimate of drug-likeness (QED) is 0.498. The van der Waals surface area contributed by atoms with Gasteiger partial charge in [0, 0.05) is 25.1 Å². The van der Waals surface area contributed by atoms with E-state index in [1.807, 2.05) is 17.0 Å². The maximum Gasteiger partial charge on any atom is 0.416 e. The van der Waals surface area contributed by atoms with E-state index in [1.165, 1.54) is 12.1 Å². The van der Waals surface area contributed by atoms with E-state index < -0.39 is 17.8 Å². The first-order valence-electron chi connectivity index (χ1n) is 11.9. The largest absolute Gasteiger partial charge is 0.416 e. The summed E-state index contributed by atoms with van der Waals surface area (Å²) in [6, 6.07) is 11.4. The van der Waals surface area contributed by atoms with E-state index in [0.717, 1.165) is 16.7 Å². The number of halogens is 3. The smallest absolute Gasteiger partial charge is 0.346 e. The molecular formula is C26H26F3N3O2S. The summed E-state index contributed by atoms with van der Waals surface area (Å²) in [7, 11) is 0. The van der Waals surface area contributed by atoms with Crippen LogP contribution in [0.1, 0.15) is 59.4 Å². The van der Waals surface area contributed by atoms with Gasteiger partial charge in [-0.05, 0) is 61.0 Å². The Kier molecular flexibility index (Phi) is 6.40. The molecular weight excluding hydrogens is 475 g/mol. The minimum atomic E-state index is -4.34. The predicted octanol–water partition coefficient (Wildman–Crippen LogP) is 4.38.